The zero-order chi connectivity index (χ0) is 12.4. The van der Waals surface area contributed by atoms with Crippen LogP contribution in [0, 0.1) is 0 Å². The van der Waals surface area contributed by atoms with E-state index in [-0.39, 0.29) is 17.7 Å². The number of H-pyrrole nitrogens is 1. The molecule has 1 aliphatic rings. The maximum Gasteiger partial charge on any atom is 0.337 e. The summed E-state index contributed by atoms with van der Waals surface area (Å²) in [6.45, 7) is 1.48. The van der Waals surface area contributed by atoms with Crippen LogP contribution < -0.4 is 10.6 Å². The van der Waals surface area contributed by atoms with Gasteiger partial charge in [0.25, 0.3) is 0 Å². The molecule has 2 atom stereocenters. The second-order valence-electron chi connectivity index (χ2n) is 4.25. The standard InChI is InChI=1S/C11H17N3O3/c1-17-9-6-14(3-2-8(9)12)10-4-7(5-13-10)11(15)16/h4-5,8-9,13H,2-3,6,12H2,1H3,(H,15,16). The van der Waals surface area contributed by atoms with Crippen molar-refractivity contribution in [2.45, 2.75) is 18.6 Å². The Bertz CT molecular complexity index is 404. The molecule has 2 rings (SSSR count). The Kier molecular flexibility index (Phi) is 3.35. The summed E-state index contributed by atoms with van der Waals surface area (Å²) in [6.07, 6.45) is 2.31. The third-order valence-electron chi connectivity index (χ3n) is 3.17. The van der Waals surface area contributed by atoms with Gasteiger partial charge in [-0.25, -0.2) is 4.79 Å². The minimum absolute atomic E-state index is 0.0136. The van der Waals surface area contributed by atoms with Crippen molar-refractivity contribution in [3.05, 3.63) is 17.8 Å². The van der Waals surface area contributed by atoms with E-state index in [1.165, 1.54) is 6.20 Å². The molecule has 2 heterocycles. The number of aromatic amines is 1. The van der Waals surface area contributed by atoms with Gasteiger partial charge in [0.2, 0.25) is 0 Å². The summed E-state index contributed by atoms with van der Waals surface area (Å²) in [7, 11) is 1.64. The molecule has 0 radical (unpaired) electrons. The van der Waals surface area contributed by atoms with Crippen molar-refractivity contribution < 1.29 is 14.6 Å². The number of anilines is 1. The lowest BCUT2D eigenvalue weighted by Crippen LogP contribution is -2.51. The zero-order valence-corrected chi connectivity index (χ0v) is 9.72. The van der Waals surface area contributed by atoms with Crippen LogP contribution in [-0.4, -0.2) is 48.4 Å². The van der Waals surface area contributed by atoms with Gasteiger partial charge in [-0.15, -0.1) is 0 Å². The molecule has 0 aromatic carbocycles. The first-order valence-electron chi connectivity index (χ1n) is 5.57. The Labute approximate surface area is 99.4 Å². The second-order valence-corrected chi connectivity index (χ2v) is 4.25. The molecule has 1 fully saturated rings. The number of nitrogens with one attached hydrogen (secondary N) is 1. The first-order valence-corrected chi connectivity index (χ1v) is 5.57. The fraction of sp³-hybridized carbons (Fsp3) is 0.545. The van der Waals surface area contributed by atoms with Crippen LogP contribution in [-0.2, 0) is 4.74 Å². The fourth-order valence-corrected chi connectivity index (χ4v) is 2.09. The van der Waals surface area contributed by atoms with E-state index in [1.54, 1.807) is 13.2 Å². The molecule has 4 N–H and O–H groups in total. The highest BCUT2D eigenvalue weighted by Crippen LogP contribution is 2.20. The number of methoxy groups -OCH3 is 1. The Morgan fingerprint density at radius 2 is 2.47 bits per heavy atom. The topological polar surface area (TPSA) is 91.6 Å². The minimum atomic E-state index is -0.926. The van der Waals surface area contributed by atoms with E-state index in [9.17, 15) is 4.79 Å². The minimum Gasteiger partial charge on any atom is -0.478 e. The van der Waals surface area contributed by atoms with E-state index < -0.39 is 5.97 Å². The molecule has 1 aliphatic heterocycles. The van der Waals surface area contributed by atoms with Crippen molar-refractivity contribution in [3.8, 4) is 0 Å². The molecule has 1 aromatic rings. The third kappa shape index (κ3) is 2.42. The van der Waals surface area contributed by atoms with Gasteiger partial charge in [0.15, 0.2) is 0 Å². The molecule has 0 saturated carbocycles. The summed E-state index contributed by atoms with van der Waals surface area (Å²) in [4.78, 5) is 15.8. The molecule has 0 aliphatic carbocycles. The molecule has 0 bridgehead atoms. The van der Waals surface area contributed by atoms with E-state index >= 15 is 0 Å². The number of nitrogens with two attached hydrogens (primary N) is 1. The highest BCUT2D eigenvalue weighted by Gasteiger charge is 2.27. The molecule has 1 aromatic heterocycles. The van der Waals surface area contributed by atoms with Gasteiger partial charge >= 0.3 is 5.97 Å². The summed E-state index contributed by atoms with van der Waals surface area (Å²) in [5.74, 6) is -0.124. The zero-order valence-electron chi connectivity index (χ0n) is 9.72. The van der Waals surface area contributed by atoms with Gasteiger partial charge < -0.3 is 25.5 Å². The lowest BCUT2D eigenvalue weighted by Gasteiger charge is -2.36. The largest absolute Gasteiger partial charge is 0.478 e. The highest BCUT2D eigenvalue weighted by molar-refractivity contribution is 5.88. The first kappa shape index (κ1) is 11.9. The third-order valence-corrected chi connectivity index (χ3v) is 3.17. The van der Waals surface area contributed by atoms with Gasteiger partial charge in [-0.05, 0) is 12.5 Å². The normalized spacial score (nSPS) is 24.9. The monoisotopic (exact) mass is 239 g/mol. The quantitative estimate of drug-likeness (QED) is 0.704. The van der Waals surface area contributed by atoms with Crippen molar-refractivity contribution in [2.24, 2.45) is 5.73 Å². The number of hydrogen-bond donors (Lipinski definition) is 3. The van der Waals surface area contributed by atoms with Crippen LogP contribution in [0.3, 0.4) is 0 Å². The average molecular weight is 239 g/mol. The molecule has 17 heavy (non-hydrogen) atoms. The summed E-state index contributed by atoms with van der Waals surface area (Å²) in [5.41, 5.74) is 6.19. The van der Waals surface area contributed by atoms with E-state index in [4.69, 9.17) is 15.6 Å². The summed E-state index contributed by atoms with van der Waals surface area (Å²) >= 11 is 0. The van der Waals surface area contributed by atoms with Crippen molar-refractivity contribution in [1.82, 2.24) is 4.98 Å². The number of piperidine rings is 1. The van der Waals surface area contributed by atoms with Gasteiger partial charge in [-0.1, -0.05) is 0 Å². The maximum atomic E-state index is 10.8. The number of carbonyl (C=O) groups is 1. The summed E-state index contributed by atoms with van der Waals surface area (Å²) in [5, 5.41) is 8.85. The average Bonchev–Trinajstić information content (AvgIpc) is 2.79. The Balaban J connectivity index is 2.09. The lowest BCUT2D eigenvalue weighted by atomic mass is 10.0. The smallest absolute Gasteiger partial charge is 0.337 e. The molecule has 0 spiro atoms. The Hall–Kier alpha value is -1.53. The van der Waals surface area contributed by atoms with Crippen LogP contribution in [0.15, 0.2) is 12.3 Å². The number of hydrogen-bond acceptors (Lipinski definition) is 4. The lowest BCUT2D eigenvalue weighted by molar-refractivity contribution is 0.0697. The summed E-state index contributed by atoms with van der Waals surface area (Å²) < 4.78 is 5.31. The van der Waals surface area contributed by atoms with Gasteiger partial charge in [0, 0.05) is 32.4 Å². The van der Waals surface area contributed by atoms with Crippen molar-refractivity contribution >= 4 is 11.8 Å². The van der Waals surface area contributed by atoms with Crippen molar-refractivity contribution in [2.75, 3.05) is 25.1 Å². The van der Waals surface area contributed by atoms with Crippen LogP contribution in [0.25, 0.3) is 0 Å². The van der Waals surface area contributed by atoms with E-state index in [2.05, 4.69) is 9.88 Å². The molecule has 1 saturated heterocycles. The van der Waals surface area contributed by atoms with E-state index in [0.29, 0.717) is 6.54 Å². The number of ether oxygens (including phenoxy) is 1. The SMILES string of the molecule is COC1CN(c2cc(C(=O)O)c[nH]2)CCC1N. The number of carboxylic acids is 1. The second kappa shape index (κ2) is 4.77. The van der Waals surface area contributed by atoms with Crippen molar-refractivity contribution in [3.63, 3.8) is 0 Å². The van der Waals surface area contributed by atoms with Gasteiger partial charge in [0.05, 0.1) is 11.7 Å². The first-order chi connectivity index (χ1) is 8.11. The van der Waals surface area contributed by atoms with Crippen LogP contribution in [0.5, 0.6) is 0 Å². The number of carboxylic acid groups (broad SMARTS) is 1. The van der Waals surface area contributed by atoms with E-state index in [0.717, 1.165) is 18.8 Å². The highest BCUT2D eigenvalue weighted by atomic mass is 16.5. The molecule has 0 amide bonds. The Morgan fingerprint density at radius 3 is 3.06 bits per heavy atom. The molecule has 6 nitrogen and oxygen atoms in total. The predicted molar refractivity (Wildman–Crippen MR) is 63.4 cm³/mol. The molecular weight excluding hydrogens is 222 g/mol. The molecular formula is C11H17N3O3. The number of aromatic carboxylic acids is 1. The van der Waals surface area contributed by atoms with Crippen LogP contribution >= 0.6 is 0 Å². The summed E-state index contributed by atoms with van der Waals surface area (Å²) in [6, 6.07) is 1.68. The molecule has 6 heteroatoms. The van der Waals surface area contributed by atoms with Gasteiger partial charge in [-0.3, -0.25) is 0 Å². The van der Waals surface area contributed by atoms with Crippen molar-refractivity contribution in [1.29, 1.82) is 0 Å². The van der Waals surface area contributed by atoms with Crippen LogP contribution in [0.2, 0.25) is 0 Å². The number of aromatic nitrogens is 1. The number of rotatable bonds is 3. The van der Waals surface area contributed by atoms with Gasteiger partial charge in [-0.2, -0.15) is 0 Å². The maximum absolute atomic E-state index is 10.8. The fourth-order valence-electron chi connectivity index (χ4n) is 2.09. The van der Waals surface area contributed by atoms with Gasteiger partial charge in [0.1, 0.15) is 5.82 Å². The van der Waals surface area contributed by atoms with Crippen LogP contribution in [0.4, 0.5) is 5.82 Å². The van der Waals surface area contributed by atoms with Crippen LogP contribution in [0.1, 0.15) is 16.8 Å². The number of nitrogens with zero attached hydrogens (tertiary/aromatic N) is 1. The molecule has 2 unspecified atom stereocenters. The predicted octanol–water partition coefficient (Wildman–Crippen LogP) is 0.265. The molecule has 94 valence electrons. The van der Waals surface area contributed by atoms with E-state index in [1.807, 2.05) is 0 Å². The Morgan fingerprint density at radius 1 is 1.71 bits per heavy atom.